The number of hydrogen-bond donors (Lipinski definition) is 1. The van der Waals surface area contributed by atoms with Crippen LogP contribution in [0.15, 0.2) is 0 Å². The number of rotatable bonds is 2. The number of piperazine rings is 1. The van der Waals surface area contributed by atoms with E-state index in [1.165, 1.54) is 38.8 Å². The lowest BCUT2D eigenvalue weighted by atomic mass is 9.79. The summed E-state index contributed by atoms with van der Waals surface area (Å²) in [6.07, 6.45) is 5.30. The molecule has 116 valence electrons. The number of fused-ring (bicyclic) bond motifs is 2. The molecule has 0 aromatic heterocycles. The molecule has 0 radical (unpaired) electrons. The molecule has 2 atom stereocenters. The zero-order valence-electron chi connectivity index (χ0n) is 13.7. The summed E-state index contributed by atoms with van der Waals surface area (Å²) in [5, 5.41) is 0. The summed E-state index contributed by atoms with van der Waals surface area (Å²) in [5.74, 6) is 0. The minimum Gasteiger partial charge on any atom is -0.329 e. The molecule has 3 rings (SSSR count). The topological polar surface area (TPSA) is 35.7 Å². The summed E-state index contributed by atoms with van der Waals surface area (Å²) in [7, 11) is 4.57. The Morgan fingerprint density at radius 2 is 1.65 bits per heavy atom. The highest BCUT2D eigenvalue weighted by molar-refractivity contribution is 5.08. The van der Waals surface area contributed by atoms with Crippen LogP contribution in [0.2, 0.25) is 0 Å². The van der Waals surface area contributed by atoms with Crippen molar-refractivity contribution in [2.24, 2.45) is 5.73 Å². The maximum absolute atomic E-state index is 6.32. The Balaban J connectivity index is 1.80. The Bertz CT molecular complexity index is 353. The monoisotopic (exact) mass is 280 g/mol. The lowest BCUT2D eigenvalue weighted by Crippen LogP contribution is -2.69. The van der Waals surface area contributed by atoms with E-state index in [2.05, 4.69) is 42.6 Å². The van der Waals surface area contributed by atoms with Gasteiger partial charge in [0, 0.05) is 49.3 Å². The molecule has 0 spiro atoms. The molecular weight excluding hydrogens is 248 g/mol. The lowest BCUT2D eigenvalue weighted by Gasteiger charge is -2.56. The zero-order valence-corrected chi connectivity index (χ0v) is 13.7. The van der Waals surface area contributed by atoms with Gasteiger partial charge >= 0.3 is 0 Å². The average Bonchev–Trinajstić information content (AvgIpc) is 2.65. The third kappa shape index (κ3) is 2.21. The minimum absolute atomic E-state index is 0.261. The van der Waals surface area contributed by atoms with Crippen molar-refractivity contribution in [1.82, 2.24) is 14.7 Å². The van der Waals surface area contributed by atoms with Crippen LogP contribution in [0.3, 0.4) is 0 Å². The maximum atomic E-state index is 6.32. The minimum atomic E-state index is 0.261. The van der Waals surface area contributed by atoms with Crippen molar-refractivity contribution in [1.29, 1.82) is 0 Å². The van der Waals surface area contributed by atoms with Gasteiger partial charge < -0.3 is 10.6 Å². The van der Waals surface area contributed by atoms with Gasteiger partial charge in [-0.25, -0.2) is 0 Å². The van der Waals surface area contributed by atoms with E-state index in [1.54, 1.807) is 0 Å². The van der Waals surface area contributed by atoms with Gasteiger partial charge in [-0.1, -0.05) is 0 Å². The third-order valence-electron chi connectivity index (χ3n) is 6.58. The lowest BCUT2D eigenvalue weighted by molar-refractivity contribution is -0.0588. The Labute approximate surface area is 124 Å². The molecule has 3 aliphatic rings. The SMILES string of the molecule is CN1C2CCC1CC(CN)(N1CCN(C)C(C)(C)C1)C2. The van der Waals surface area contributed by atoms with Gasteiger partial charge in [-0.05, 0) is 53.6 Å². The summed E-state index contributed by atoms with van der Waals surface area (Å²) >= 11 is 0. The molecule has 2 unspecified atom stereocenters. The Morgan fingerprint density at radius 1 is 1.05 bits per heavy atom. The first-order chi connectivity index (χ1) is 9.38. The van der Waals surface area contributed by atoms with Gasteiger partial charge in [0.2, 0.25) is 0 Å². The second kappa shape index (κ2) is 4.94. The fourth-order valence-corrected chi connectivity index (χ4v) is 4.74. The van der Waals surface area contributed by atoms with E-state index in [1.807, 2.05) is 0 Å². The predicted octanol–water partition coefficient (Wildman–Crippen LogP) is 0.967. The van der Waals surface area contributed by atoms with Crippen molar-refractivity contribution < 1.29 is 0 Å². The molecule has 4 nitrogen and oxygen atoms in total. The molecule has 3 aliphatic heterocycles. The number of nitrogens with zero attached hydrogens (tertiary/aromatic N) is 3. The molecule has 4 heteroatoms. The molecule has 0 saturated carbocycles. The van der Waals surface area contributed by atoms with Gasteiger partial charge in [0.1, 0.15) is 0 Å². The molecule has 20 heavy (non-hydrogen) atoms. The molecular formula is C16H32N4. The first kappa shape index (κ1) is 14.8. The van der Waals surface area contributed by atoms with E-state index in [-0.39, 0.29) is 11.1 Å². The average molecular weight is 280 g/mol. The molecule has 0 amide bonds. The van der Waals surface area contributed by atoms with Crippen LogP contribution in [0, 0.1) is 0 Å². The van der Waals surface area contributed by atoms with Crippen molar-refractivity contribution in [2.75, 3.05) is 40.3 Å². The zero-order chi connectivity index (χ0) is 14.5. The van der Waals surface area contributed by atoms with E-state index in [4.69, 9.17) is 5.73 Å². The Hall–Kier alpha value is -0.160. The van der Waals surface area contributed by atoms with Gasteiger partial charge in [0.15, 0.2) is 0 Å². The first-order valence-corrected chi connectivity index (χ1v) is 8.26. The second-order valence-corrected chi connectivity index (χ2v) is 8.04. The van der Waals surface area contributed by atoms with Gasteiger partial charge in [-0.3, -0.25) is 9.80 Å². The highest BCUT2D eigenvalue weighted by Gasteiger charge is 2.50. The van der Waals surface area contributed by atoms with E-state index >= 15 is 0 Å². The largest absolute Gasteiger partial charge is 0.329 e. The molecule has 3 fully saturated rings. The number of hydrogen-bond acceptors (Lipinski definition) is 4. The van der Waals surface area contributed by atoms with Crippen molar-refractivity contribution in [3.05, 3.63) is 0 Å². The van der Waals surface area contributed by atoms with E-state index in [0.717, 1.165) is 25.2 Å². The summed E-state index contributed by atoms with van der Waals surface area (Å²) in [6, 6.07) is 1.53. The number of piperidine rings is 1. The van der Waals surface area contributed by atoms with Crippen LogP contribution in [-0.2, 0) is 0 Å². The van der Waals surface area contributed by atoms with Crippen LogP contribution in [0.1, 0.15) is 39.5 Å². The summed E-state index contributed by atoms with van der Waals surface area (Å²) in [6.45, 7) is 9.07. The molecule has 2 bridgehead atoms. The van der Waals surface area contributed by atoms with Crippen LogP contribution in [-0.4, -0.2) is 78.1 Å². The summed E-state index contributed by atoms with van der Waals surface area (Å²) in [5.41, 5.74) is 6.84. The van der Waals surface area contributed by atoms with Gasteiger partial charge in [-0.2, -0.15) is 0 Å². The normalized spacial score (nSPS) is 43.0. The maximum Gasteiger partial charge on any atom is 0.0362 e. The summed E-state index contributed by atoms with van der Waals surface area (Å²) < 4.78 is 0. The quantitative estimate of drug-likeness (QED) is 0.817. The Kier molecular flexibility index (Phi) is 3.65. The van der Waals surface area contributed by atoms with Gasteiger partial charge in [0.05, 0.1) is 0 Å². The van der Waals surface area contributed by atoms with Crippen molar-refractivity contribution in [3.8, 4) is 0 Å². The predicted molar refractivity (Wildman–Crippen MR) is 83.9 cm³/mol. The van der Waals surface area contributed by atoms with Crippen LogP contribution < -0.4 is 5.73 Å². The second-order valence-electron chi connectivity index (χ2n) is 8.04. The molecule has 3 heterocycles. The number of nitrogens with two attached hydrogens (primary N) is 1. The first-order valence-electron chi connectivity index (χ1n) is 8.26. The van der Waals surface area contributed by atoms with Gasteiger partial charge in [0.25, 0.3) is 0 Å². The van der Waals surface area contributed by atoms with E-state index < -0.39 is 0 Å². The molecule has 2 N–H and O–H groups in total. The highest BCUT2D eigenvalue weighted by Crippen LogP contribution is 2.43. The van der Waals surface area contributed by atoms with Crippen LogP contribution in [0.4, 0.5) is 0 Å². The summed E-state index contributed by atoms with van der Waals surface area (Å²) in [4.78, 5) is 7.86. The third-order valence-corrected chi connectivity index (χ3v) is 6.58. The van der Waals surface area contributed by atoms with Crippen LogP contribution in [0.5, 0.6) is 0 Å². The molecule has 0 aromatic rings. The Morgan fingerprint density at radius 3 is 2.15 bits per heavy atom. The molecule has 0 aliphatic carbocycles. The fraction of sp³-hybridized carbons (Fsp3) is 1.00. The molecule has 0 aromatic carbocycles. The molecule has 3 saturated heterocycles. The van der Waals surface area contributed by atoms with Crippen LogP contribution in [0.25, 0.3) is 0 Å². The fourth-order valence-electron chi connectivity index (χ4n) is 4.74. The van der Waals surface area contributed by atoms with Crippen LogP contribution >= 0.6 is 0 Å². The smallest absolute Gasteiger partial charge is 0.0362 e. The van der Waals surface area contributed by atoms with E-state index in [0.29, 0.717) is 0 Å². The standard InChI is InChI=1S/C16H32N4/c1-15(2)12-20(8-7-18(15)3)16(11-17)9-13-5-6-14(10-16)19(13)4/h13-14H,5-12,17H2,1-4H3. The van der Waals surface area contributed by atoms with Crippen molar-refractivity contribution in [2.45, 2.75) is 62.7 Å². The van der Waals surface area contributed by atoms with Gasteiger partial charge in [-0.15, -0.1) is 0 Å². The van der Waals surface area contributed by atoms with Crippen molar-refractivity contribution in [3.63, 3.8) is 0 Å². The highest BCUT2D eigenvalue weighted by atomic mass is 15.3. The number of likely N-dealkylation sites (N-methyl/N-ethyl adjacent to an activating group) is 1. The van der Waals surface area contributed by atoms with E-state index in [9.17, 15) is 0 Å². The van der Waals surface area contributed by atoms with Crippen molar-refractivity contribution >= 4 is 0 Å².